The van der Waals surface area contributed by atoms with Crippen LogP contribution in [0.1, 0.15) is 32.6 Å². The van der Waals surface area contributed by atoms with Gasteiger partial charge in [0.25, 0.3) is 0 Å². The third-order valence-corrected chi connectivity index (χ3v) is 2.12. The summed E-state index contributed by atoms with van der Waals surface area (Å²) in [6, 6.07) is 0.878. The van der Waals surface area contributed by atoms with Crippen LogP contribution in [0.4, 0.5) is 0 Å². The van der Waals surface area contributed by atoms with E-state index in [0.717, 1.165) is 19.0 Å². The van der Waals surface area contributed by atoms with Gasteiger partial charge in [-0.05, 0) is 25.8 Å². The first-order valence-corrected chi connectivity index (χ1v) is 4.56. The maximum atomic E-state index is 5.22. The summed E-state index contributed by atoms with van der Waals surface area (Å²) in [5.41, 5.74) is 0. The Balaban J connectivity index is 2.16. The molecule has 0 bridgehead atoms. The quantitative estimate of drug-likeness (QED) is 0.542. The van der Waals surface area contributed by atoms with E-state index in [-0.39, 0.29) is 0 Å². The summed E-state index contributed by atoms with van der Waals surface area (Å²) in [6.45, 7) is 4.56. The Hall–Kier alpha value is -0.480. The molecule has 0 unspecified atom stereocenters. The molecule has 1 aliphatic carbocycles. The monoisotopic (exact) mass is 151 g/mol. The molecule has 1 rings (SSSR count). The predicted molar refractivity (Wildman–Crippen MR) is 48.3 cm³/mol. The molecule has 0 aromatic rings. The first-order chi connectivity index (χ1) is 5.38. The molecule has 0 aromatic carbocycles. The average molecular weight is 151 g/mol. The summed E-state index contributed by atoms with van der Waals surface area (Å²) in [4.78, 5) is 2.53. The minimum Gasteiger partial charge on any atom is -0.299 e. The Morgan fingerprint density at radius 2 is 2.18 bits per heavy atom. The highest BCUT2D eigenvalue weighted by Gasteiger charge is 2.27. The van der Waals surface area contributed by atoms with Gasteiger partial charge < -0.3 is 0 Å². The standard InChI is InChI=1S/C10H17N/c1-3-5-9-11(8-4-2)10-6-7-10/h1,10H,4-9H2,2H3. The van der Waals surface area contributed by atoms with Crippen LogP contribution in [-0.4, -0.2) is 24.0 Å². The van der Waals surface area contributed by atoms with E-state index in [4.69, 9.17) is 6.42 Å². The molecule has 1 heteroatoms. The van der Waals surface area contributed by atoms with E-state index in [1.807, 2.05) is 0 Å². The molecular formula is C10H17N. The Bertz CT molecular complexity index is 141. The zero-order valence-corrected chi connectivity index (χ0v) is 7.34. The van der Waals surface area contributed by atoms with Crippen LogP contribution < -0.4 is 0 Å². The summed E-state index contributed by atoms with van der Waals surface area (Å²) in [5, 5.41) is 0. The molecule has 0 atom stereocenters. The van der Waals surface area contributed by atoms with Gasteiger partial charge in [-0.25, -0.2) is 0 Å². The van der Waals surface area contributed by atoms with Crippen molar-refractivity contribution in [1.82, 2.24) is 4.90 Å². The topological polar surface area (TPSA) is 3.24 Å². The van der Waals surface area contributed by atoms with Crippen molar-refractivity contribution in [2.24, 2.45) is 0 Å². The lowest BCUT2D eigenvalue weighted by Gasteiger charge is -2.19. The second-order valence-electron chi connectivity index (χ2n) is 3.22. The second-order valence-corrected chi connectivity index (χ2v) is 3.22. The summed E-state index contributed by atoms with van der Waals surface area (Å²) >= 11 is 0. The van der Waals surface area contributed by atoms with E-state index in [9.17, 15) is 0 Å². The van der Waals surface area contributed by atoms with Gasteiger partial charge >= 0.3 is 0 Å². The lowest BCUT2D eigenvalue weighted by Crippen LogP contribution is -2.27. The lowest BCUT2D eigenvalue weighted by molar-refractivity contribution is 0.270. The molecule has 0 heterocycles. The fraction of sp³-hybridized carbons (Fsp3) is 0.800. The average Bonchev–Trinajstić information content (AvgIpc) is 2.80. The minimum atomic E-state index is 0.878. The van der Waals surface area contributed by atoms with E-state index in [1.54, 1.807) is 0 Å². The molecule has 0 radical (unpaired) electrons. The fourth-order valence-corrected chi connectivity index (χ4v) is 1.41. The Kier molecular flexibility index (Phi) is 3.45. The summed E-state index contributed by atoms with van der Waals surface area (Å²) in [7, 11) is 0. The van der Waals surface area contributed by atoms with Crippen LogP contribution in [0.25, 0.3) is 0 Å². The van der Waals surface area contributed by atoms with Gasteiger partial charge in [0.2, 0.25) is 0 Å². The number of nitrogens with zero attached hydrogens (tertiary/aromatic N) is 1. The number of rotatable bonds is 5. The first-order valence-electron chi connectivity index (χ1n) is 4.56. The number of terminal acetylenes is 1. The molecular weight excluding hydrogens is 134 g/mol. The largest absolute Gasteiger partial charge is 0.299 e. The normalized spacial score (nSPS) is 16.8. The van der Waals surface area contributed by atoms with Crippen LogP contribution in [-0.2, 0) is 0 Å². The lowest BCUT2D eigenvalue weighted by atomic mass is 10.3. The van der Waals surface area contributed by atoms with Gasteiger partial charge in [0.05, 0.1) is 0 Å². The van der Waals surface area contributed by atoms with Crippen LogP contribution in [0, 0.1) is 12.3 Å². The molecule has 1 aliphatic rings. The molecule has 0 amide bonds. The zero-order valence-electron chi connectivity index (χ0n) is 7.34. The molecule has 0 aliphatic heterocycles. The van der Waals surface area contributed by atoms with E-state index in [0.29, 0.717) is 0 Å². The van der Waals surface area contributed by atoms with E-state index >= 15 is 0 Å². The Morgan fingerprint density at radius 3 is 2.64 bits per heavy atom. The molecule has 0 saturated heterocycles. The van der Waals surface area contributed by atoms with Crippen molar-refractivity contribution in [2.75, 3.05) is 13.1 Å². The van der Waals surface area contributed by atoms with Crippen molar-refractivity contribution in [2.45, 2.75) is 38.6 Å². The molecule has 62 valence electrons. The smallest absolute Gasteiger partial charge is 0.0214 e. The van der Waals surface area contributed by atoms with Crippen LogP contribution in [0.5, 0.6) is 0 Å². The zero-order chi connectivity index (χ0) is 8.10. The van der Waals surface area contributed by atoms with Gasteiger partial charge in [0, 0.05) is 19.0 Å². The molecule has 1 saturated carbocycles. The van der Waals surface area contributed by atoms with Crippen molar-refractivity contribution in [1.29, 1.82) is 0 Å². The second kappa shape index (κ2) is 4.41. The maximum absolute atomic E-state index is 5.22. The van der Waals surface area contributed by atoms with Gasteiger partial charge in [0.15, 0.2) is 0 Å². The van der Waals surface area contributed by atoms with Crippen molar-refractivity contribution in [3.05, 3.63) is 0 Å². The summed E-state index contributed by atoms with van der Waals surface area (Å²) in [5.74, 6) is 2.70. The molecule has 11 heavy (non-hydrogen) atoms. The molecule has 0 N–H and O–H groups in total. The van der Waals surface area contributed by atoms with Crippen molar-refractivity contribution < 1.29 is 0 Å². The van der Waals surface area contributed by atoms with Gasteiger partial charge in [-0.1, -0.05) is 6.92 Å². The van der Waals surface area contributed by atoms with Gasteiger partial charge in [-0.2, -0.15) is 0 Å². The summed E-state index contributed by atoms with van der Waals surface area (Å²) in [6.07, 6.45) is 10.2. The van der Waals surface area contributed by atoms with Crippen LogP contribution >= 0.6 is 0 Å². The molecule has 0 spiro atoms. The molecule has 1 nitrogen and oxygen atoms in total. The number of hydrogen-bond acceptors (Lipinski definition) is 1. The minimum absolute atomic E-state index is 0.878. The maximum Gasteiger partial charge on any atom is 0.0214 e. The highest BCUT2D eigenvalue weighted by Crippen LogP contribution is 2.26. The number of hydrogen-bond donors (Lipinski definition) is 0. The van der Waals surface area contributed by atoms with Crippen LogP contribution in [0.2, 0.25) is 0 Å². The fourth-order valence-electron chi connectivity index (χ4n) is 1.41. The van der Waals surface area contributed by atoms with Crippen LogP contribution in [0.3, 0.4) is 0 Å². The molecule has 0 aromatic heterocycles. The van der Waals surface area contributed by atoms with E-state index in [1.165, 1.54) is 25.8 Å². The summed E-state index contributed by atoms with van der Waals surface area (Å²) < 4.78 is 0. The van der Waals surface area contributed by atoms with Crippen molar-refractivity contribution in [3.8, 4) is 12.3 Å². The molecule has 1 fully saturated rings. The third-order valence-electron chi connectivity index (χ3n) is 2.12. The van der Waals surface area contributed by atoms with Crippen LogP contribution in [0.15, 0.2) is 0 Å². The highest BCUT2D eigenvalue weighted by molar-refractivity contribution is 4.89. The Labute approximate surface area is 69.8 Å². The van der Waals surface area contributed by atoms with Gasteiger partial charge in [-0.15, -0.1) is 12.3 Å². The van der Waals surface area contributed by atoms with Gasteiger partial charge in [0.1, 0.15) is 0 Å². The van der Waals surface area contributed by atoms with Crippen molar-refractivity contribution >= 4 is 0 Å². The highest BCUT2D eigenvalue weighted by atomic mass is 15.2. The van der Waals surface area contributed by atoms with Gasteiger partial charge in [-0.3, -0.25) is 4.90 Å². The van der Waals surface area contributed by atoms with Crippen molar-refractivity contribution in [3.63, 3.8) is 0 Å². The third kappa shape index (κ3) is 2.95. The van der Waals surface area contributed by atoms with E-state index in [2.05, 4.69) is 17.7 Å². The Morgan fingerprint density at radius 1 is 1.45 bits per heavy atom. The van der Waals surface area contributed by atoms with E-state index < -0.39 is 0 Å². The predicted octanol–water partition coefficient (Wildman–Crippen LogP) is 1.88. The SMILES string of the molecule is C#CCCN(CCC)C1CC1. The first kappa shape index (κ1) is 8.62.